The van der Waals surface area contributed by atoms with Crippen molar-refractivity contribution in [2.45, 2.75) is 23.4 Å². The van der Waals surface area contributed by atoms with E-state index in [1.165, 1.54) is 0 Å². The average molecular weight is 349 g/mol. The number of anilines is 3. The van der Waals surface area contributed by atoms with Crippen molar-refractivity contribution in [1.29, 1.82) is 0 Å². The topological polar surface area (TPSA) is 71.0 Å². The predicted molar refractivity (Wildman–Crippen MR) is 97.0 cm³/mol. The van der Waals surface area contributed by atoms with Gasteiger partial charge in [-0.3, -0.25) is 9.78 Å². The van der Waals surface area contributed by atoms with Crippen molar-refractivity contribution in [2.24, 2.45) is 0 Å². The lowest BCUT2D eigenvalue weighted by molar-refractivity contribution is -0.116. The van der Waals surface area contributed by atoms with Gasteiger partial charge in [-0.05, 0) is 29.8 Å². The van der Waals surface area contributed by atoms with Crippen LogP contribution < -0.4 is 10.2 Å². The predicted octanol–water partition coefficient (Wildman–Crippen LogP) is 3.63. The number of pyridine rings is 1. The molecule has 0 fully saturated rings. The molecule has 0 atom stereocenters. The molecule has 4 rings (SSSR count). The van der Waals surface area contributed by atoms with Crippen LogP contribution in [0.1, 0.15) is 12.5 Å². The molecule has 124 valence electrons. The van der Waals surface area contributed by atoms with E-state index in [9.17, 15) is 4.79 Å². The fraction of sp³-hybridized carbons (Fsp3) is 0.111. The Hall–Kier alpha value is -2.93. The third-order valence-corrected chi connectivity index (χ3v) is 4.91. The third-order valence-electron chi connectivity index (χ3n) is 3.85. The summed E-state index contributed by atoms with van der Waals surface area (Å²) in [7, 11) is 0. The molecule has 25 heavy (non-hydrogen) atoms. The fourth-order valence-electron chi connectivity index (χ4n) is 2.66. The first-order valence-corrected chi connectivity index (χ1v) is 8.59. The Labute approximate surface area is 149 Å². The highest BCUT2D eigenvalue weighted by Gasteiger charge is 2.19. The van der Waals surface area contributed by atoms with Crippen LogP contribution in [0.2, 0.25) is 0 Å². The second-order valence-corrected chi connectivity index (χ2v) is 6.61. The molecule has 0 aliphatic carbocycles. The number of benzene rings is 1. The van der Waals surface area contributed by atoms with Crippen LogP contribution >= 0.6 is 11.8 Å². The Morgan fingerprint density at radius 3 is 2.88 bits per heavy atom. The summed E-state index contributed by atoms with van der Waals surface area (Å²) in [5, 5.41) is 4.18. The first-order valence-electron chi connectivity index (χ1n) is 7.77. The molecule has 1 aliphatic rings. The molecule has 0 bridgehead atoms. The van der Waals surface area contributed by atoms with Gasteiger partial charge in [0.2, 0.25) is 5.91 Å². The summed E-state index contributed by atoms with van der Waals surface area (Å²) < 4.78 is 0. The zero-order valence-electron chi connectivity index (χ0n) is 13.5. The first kappa shape index (κ1) is 15.6. The molecule has 3 aromatic rings. The second kappa shape index (κ2) is 6.52. The zero-order chi connectivity index (χ0) is 17.2. The molecule has 1 N–H and O–H groups in total. The zero-order valence-corrected chi connectivity index (χ0v) is 14.3. The van der Waals surface area contributed by atoms with Crippen molar-refractivity contribution in [3.8, 4) is 0 Å². The number of hydrogen-bond donors (Lipinski definition) is 1. The largest absolute Gasteiger partial charge is 0.337 e. The van der Waals surface area contributed by atoms with Gasteiger partial charge in [-0.1, -0.05) is 17.8 Å². The minimum Gasteiger partial charge on any atom is -0.337 e. The SMILES string of the molecule is CC(=O)N(Cc1ccc2c(c1)Nc1nccnc1S2)c1cccnc1. The van der Waals surface area contributed by atoms with E-state index in [2.05, 4.69) is 20.3 Å². The molecule has 2 aromatic heterocycles. The summed E-state index contributed by atoms with van der Waals surface area (Å²) in [6, 6.07) is 9.83. The maximum absolute atomic E-state index is 12.1. The Bertz CT molecular complexity index is 932. The summed E-state index contributed by atoms with van der Waals surface area (Å²) in [4.78, 5) is 27.6. The molecule has 1 aliphatic heterocycles. The number of amides is 1. The van der Waals surface area contributed by atoms with E-state index < -0.39 is 0 Å². The number of nitrogens with one attached hydrogen (secondary N) is 1. The summed E-state index contributed by atoms with van der Waals surface area (Å²) >= 11 is 1.59. The number of fused-ring (bicyclic) bond motifs is 2. The molecule has 3 heterocycles. The summed E-state index contributed by atoms with van der Waals surface area (Å²) in [6.45, 7) is 2.04. The highest BCUT2D eigenvalue weighted by Crippen LogP contribution is 2.42. The molecule has 0 saturated carbocycles. The molecule has 0 saturated heterocycles. The van der Waals surface area contributed by atoms with Gasteiger partial charge in [0.25, 0.3) is 0 Å². The minimum absolute atomic E-state index is 0.0238. The first-order chi connectivity index (χ1) is 12.2. The maximum atomic E-state index is 12.1. The van der Waals surface area contributed by atoms with Gasteiger partial charge in [0.05, 0.1) is 24.1 Å². The van der Waals surface area contributed by atoms with Crippen molar-refractivity contribution in [2.75, 3.05) is 10.2 Å². The molecular formula is C18H15N5OS. The van der Waals surface area contributed by atoms with Crippen molar-refractivity contribution in [3.63, 3.8) is 0 Å². The van der Waals surface area contributed by atoms with Crippen LogP contribution in [0.25, 0.3) is 0 Å². The van der Waals surface area contributed by atoms with E-state index in [1.807, 2.05) is 30.3 Å². The maximum Gasteiger partial charge on any atom is 0.224 e. The standard InChI is InChI=1S/C18H15N5OS/c1-12(24)23(14-3-2-6-19-10-14)11-13-4-5-16-15(9-13)22-17-18(25-16)21-8-7-20-17/h2-10H,11H2,1H3,(H,20,22). The van der Waals surface area contributed by atoms with Crippen molar-refractivity contribution in [1.82, 2.24) is 15.0 Å². The van der Waals surface area contributed by atoms with Crippen LogP contribution in [-0.2, 0) is 11.3 Å². The van der Waals surface area contributed by atoms with Gasteiger partial charge in [-0.25, -0.2) is 9.97 Å². The number of carbonyl (C=O) groups excluding carboxylic acids is 1. The highest BCUT2D eigenvalue weighted by atomic mass is 32.2. The van der Waals surface area contributed by atoms with Gasteiger partial charge >= 0.3 is 0 Å². The number of hydrogen-bond acceptors (Lipinski definition) is 6. The van der Waals surface area contributed by atoms with Crippen LogP contribution in [0.4, 0.5) is 17.2 Å². The quantitative estimate of drug-likeness (QED) is 0.609. The van der Waals surface area contributed by atoms with E-state index in [4.69, 9.17) is 0 Å². The Morgan fingerprint density at radius 1 is 1.20 bits per heavy atom. The lowest BCUT2D eigenvalue weighted by atomic mass is 10.1. The molecule has 1 aromatic carbocycles. The monoisotopic (exact) mass is 349 g/mol. The lowest BCUT2D eigenvalue weighted by Gasteiger charge is -2.23. The summed E-state index contributed by atoms with van der Waals surface area (Å²) in [5.74, 6) is 0.733. The van der Waals surface area contributed by atoms with Crippen molar-refractivity contribution in [3.05, 3.63) is 60.7 Å². The van der Waals surface area contributed by atoms with Gasteiger partial charge in [0.15, 0.2) is 5.82 Å². The van der Waals surface area contributed by atoms with E-state index in [1.54, 1.807) is 48.4 Å². The van der Waals surface area contributed by atoms with Crippen LogP contribution in [0, 0.1) is 0 Å². The molecule has 7 heteroatoms. The number of carbonyl (C=O) groups is 1. The van der Waals surface area contributed by atoms with Crippen LogP contribution in [0.3, 0.4) is 0 Å². The van der Waals surface area contributed by atoms with Crippen molar-refractivity contribution < 1.29 is 4.79 Å². The fourth-order valence-corrected chi connectivity index (χ4v) is 3.54. The minimum atomic E-state index is -0.0238. The van der Waals surface area contributed by atoms with Crippen molar-refractivity contribution >= 4 is 34.9 Å². The summed E-state index contributed by atoms with van der Waals surface area (Å²) in [6.07, 6.45) is 6.74. The van der Waals surface area contributed by atoms with Gasteiger partial charge in [-0.2, -0.15) is 0 Å². The number of aromatic nitrogens is 3. The molecule has 6 nitrogen and oxygen atoms in total. The van der Waals surface area contributed by atoms with Gasteiger partial charge in [-0.15, -0.1) is 0 Å². The Kier molecular flexibility index (Phi) is 4.07. The second-order valence-electron chi connectivity index (χ2n) is 5.58. The van der Waals surface area contributed by atoms with E-state index in [-0.39, 0.29) is 5.91 Å². The molecule has 0 unspecified atom stereocenters. The Balaban J connectivity index is 1.61. The molecular weight excluding hydrogens is 334 g/mol. The third kappa shape index (κ3) is 3.18. The average Bonchev–Trinajstić information content (AvgIpc) is 2.64. The number of rotatable bonds is 3. The van der Waals surface area contributed by atoms with Crippen LogP contribution in [0.5, 0.6) is 0 Å². The lowest BCUT2D eigenvalue weighted by Crippen LogP contribution is -2.27. The number of nitrogens with zero attached hydrogens (tertiary/aromatic N) is 4. The van der Waals surface area contributed by atoms with E-state index >= 15 is 0 Å². The molecule has 1 amide bonds. The smallest absolute Gasteiger partial charge is 0.224 e. The van der Waals surface area contributed by atoms with E-state index in [0.29, 0.717) is 6.54 Å². The highest BCUT2D eigenvalue weighted by molar-refractivity contribution is 7.99. The summed E-state index contributed by atoms with van der Waals surface area (Å²) in [5.41, 5.74) is 2.79. The molecule has 0 radical (unpaired) electrons. The normalized spacial score (nSPS) is 11.9. The van der Waals surface area contributed by atoms with Gasteiger partial charge in [0.1, 0.15) is 5.03 Å². The van der Waals surface area contributed by atoms with E-state index in [0.717, 1.165) is 32.7 Å². The van der Waals surface area contributed by atoms with Gasteiger partial charge in [0, 0.05) is 30.4 Å². The van der Waals surface area contributed by atoms with Crippen LogP contribution in [0.15, 0.2) is 65.0 Å². The van der Waals surface area contributed by atoms with Crippen LogP contribution in [-0.4, -0.2) is 20.9 Å². The molecule has 0 spiro atoms. The van der Waals surface area contributed by atoms with Gasteiger partial charge < -0.3 is 10.2 Å². The Morgan fingerprint density at radius 2 is 2.08 bits per heavy atom.